The van der Waals surface area contributed by atoms with E-state index in [1.54, 1.807) is 29.9 Å². The van der Waals surface area contributed by atoms with E-state index in [0.29, 0.717) is 6.07 Å². The molecule has 11 nitrogen and oxygen atoms in total. The Labute approximate surface area is 140 Å². The summed E-state index contributed by atoms with van der Waals surface area (Å²) in [5.41, 5.74) is 1.25. The van der Waals surface area contributed by atoms with Gasteiger partial charge in [0.25, 0.3) is 5.69 Å². The van der Waals surface area contributed by atoms with Crippen LogP contribution in [0.4, 0.5) is 11.4 Å². The van der Waals surface area contributed by atoms with Crippen LogP contribution in [0, 0.1) is 20.2 Å². The predicted octanol–water partition coefficient (Wildman–Crippen LogP) is 1.24. The Balaban J connectivity index is 2.17. The number of rotatable bonds is 6. The zero-order valence-electron chi connectivity index (χ0n) is 12.9. The van der Waals surface area contributed by atoms with E-state index in [-0.39, 0.29) is 12.0 Å². The van der Waals surface area contributed by atoms with Crippen LogP contribution in [0.5, 0.6) is 5.75 Å². The molecule has 0 saturated heterocycles. The molecule has 0 bridgehead atoms. The van der Waals surface area contributed by atoms with Crippen molar-refractivity contribution in [1.82, 2.24) is 9.99 Å². The Morgan fingerprint density at radius 3 is 2.64 bits per heavy atom. The van der Waals surface area contributed by atoms with Crippen LogP contribution in [0.25, 0.3) is 0 Å². The maximum Gasteiger partial charge on any atom is 0.318 e. The second-order valence-electron chi connectivity index (χ2n) is 5.00. The van der Waals surface area contributed by atoms with Crippen molar-refractivity contribution in [2.24, 2.45) is 12.1 Å². The second kappa shape index (κ2) is 7.21. The average Bonchev–Trinajstić information content (AvgIpc) is 2.93. The molecule has 11 heteroatoms. The minimum atomic E-state index is -0.951. The molecule has 0 radical (unpaired) electrons. The van der Waals surface area contributed by atoms with Gasteiger partial charge in [-0.3, -0.25) is 25.0 Å². The molecule has 1 amide bonds. The first-order valence-electron chi connectivity index (χ1n) is 6.87. The van der Waals surface area contributed by atoms with Crippen molar-refractivity contribution in [2.45, 2.75) is 6.42 Å². The molecule has 0 saturated carbocycles. The van der Waals surface area contributed by atoms with E-state index in [1.807, 2.05) is 0 Å². The lowest BCUT2D eigenvalue weighted by Gasteiger charge is -2.03. The van der Waals surface area contributed by atoms with Gasteiger partial charge in [0.05, 0.1) is 34.1 Å². The molecule has 2 rings (SSSR count). The fourth-order valence-electron chi connectivity index (χ4n) is 2.03. The summed E-state index contributed by atoms with van der Waals surface area (Å²) in [5.74, 6) is -1.24. The SMILES string of the molecule is Cn1cccc1CC(=O)NN=Cc1cc([N+](=O)[O-])cc([N+](=O)[O-])c1O. The summed E-state index contributed by atoms with van der Waals surface area (Å²) < 4.78 is 1.75. The number of hydrogen-bond donors (Lipinski definition) is 2. The van der Waals surface area contributed by atoms with Gasteiger partial charge >= 0.3 is 5.69 Å². The summed E-state index contributed by atoms with van der Waals surface area (Å²) in [6, 6.07) is 5.07. The lowest BCUT2D eigenvalue weighted by Crippen LogP contribution is -2.20. The summed E-state index contributed by atoms with van der Waals surface area (Å²) in [6.45, 7) is 0. The Hall–Kier alpha value is -3.76. The molecule has 0 spiro atoms. The van der Waals surface area contributed by atoms with E-state index in [9.17, 15) is 30.1 Å². The summed E-state index contributed by atoms with van der Waals surface area (Å²) in [4.78, 5) is 31.6. The highest BCUT2D eigenvalue weighted by atomic mass is 16.6. The summed E-state index contributed by atoms with van der Waals surface area (Å²) >= 11 is 0. The van der Waals surface area contributed by atoms with Gasteiger partial charge in [0, 0.05) is 25.0 Å². The Morgan fingerprint density at radius 2 is 2.08 bits per heavy atom. The highest BCUT2D eigenvalue weighted by Crippen LogP contribution is 2.33. The van der Waals surface area contributed by atoms with Gasteiger partial charge in [-0.1, -0.05) is 0 Å². The van der Waals surface area contributed by atoms with Crippen molar-refractivity contribution in [3.05, 3.63) is 61.9 Å². The standard InChI is InChI=1S/C14H13N5O6/c1-17-4-2-3-10(17)7-13(20)16-15-8-9-5-11(18(22)23)6-12(14(9)21)19(24)25/h2-6,8,21H,7H2,1H3,(H,16,20). The third-order valence-corrected chi connectivity index (χ3v) is 3.30. The van der Waals surface area contributed by atoms with Crippen LogP contribution in [0.3, 0.4) is 0 Å². The summed E-state index contributed by atoms with van der Waals surface area (Å²) in [7, 11) is 1.77. The first-order valence-corrected chi connectivity index (χ1v) is 6.87. The summed E-state index contributed by atoms with van der Waals surface area (Å²) in [6.07, 6.45) is 2.71. The number of phenols is 1. The summed E-state index contributed by atoms with van der Waals surface area (Å²) in [5, 5.41) is 35.0. The topological polar surface area (TPSA) is 153 Å². The van der Waals surface area contributed by atoms with E-state index in [1.165, 1.54) is 0 Å². The molecule has 0 aliphatic heterocycles. The van der Waals surface area contributed by atoms with E-state index < -0.39 is 32.9 Å². The number of aromatic nitrogens is 1. The number of aryl methyl sites for hydroxylation is 1. The van der Waals surface area contributed by atoms with Crippen molar-refractivity contribution in [2.75, 3.05) is 0 Å². The average molecular weight is 347 g/mol. The molecule has 25 heavy (non-hydrogen) atoms. The zero-order valence-corrected chi connectivity index (χ0v) is 12.9. The number of carbonyl (C=O) groups is 1. The fourth-order valence-corrected chi connectivity index (χ4v) is 2.03. The number of hydrogen-bond acceptors (Lipinski definition) is 7. The fraction of sp³-hybridized carbons (Fsp3) is 0.143. The van der Waals surface area contributed by atoms with Crippen molar-refractivity contribution >= 4 is 23.5 Å². The van der Waals surface area contributed by atoms with E-state index in [2.05, 4.69) is 10.5 Å². The Morgan fingerprint density at radius 1 is 1.36 bits per heavy atom. The molecule has 2 aromatic rings. The third kappa shape index (κ3) is 4.16. The first kappa shape index (κ1) is 17.6. The number of amides is 1. The van der Waals surface area contributed by atoms with Gasteiger partial charge in [-0.15, -0.1) is 0 Å². The third-order valence-electron chi connectivity index (χ3n) is 3.30. The molecule has 0 atom stereocenters. The molecule has 1 heterocycles. The molecule has 130 valence electrons. The van der Waals surface area contributed by atoms with Gasteiger partial charge < -0.3 is 9.67 Å². The molecular weight excluding hydrogens is 334 g/mol. The molecule has 1 aromatic carbocycles. The Bertz CT molecular complexity index is 873. The molecule has 0 fully saturated rings. The van der Waals surface area contributed by atoms with Crippen molar-refractivity contribution in [3.8, 4) is 5.75 Å². The van der Waals surface area contributed by atoms with Gasteiger partial charge in [-0.05, 0) is 12.1 Å². The number of non-ortho nitro benzene ring substituents is 1. The van der Waals surface area contributed by atoms with Crippen LogP contribution in [0.15, 0.2) is 35.6 Å². The monoisotopic (exact) mass is 347 g/mol. The number of nitro benzene ring substituents is 2. The normalized spacial score (nSPS) is 10.8. The largest absolute Gasteiger partial charge is 0.502 e. The second-order valence-corrected chi connectivity index (χ2v) is 5.00. The number of carbonyl (C=O) groups excluding carboxylic acids is 1. The molecule has 0 unspecified atom stereocenters. The van der Waals surface area contributed by atoms with Gasteiger partial charge in [0.15, 0.2) is 0 Å². The zero-order chi connectivity index (χ0) is 18.6. The maximum atomic E-state index is 11.8. The predicted molar refractivity (Wildman–Crippen MR) is 86.3 cm³/mol. The van der Waals surface area contributed by atoms with Gasteiger partial charge in [0.2, 0.25) is 11.7 Å². The first-order chi connectivity index (χ1) is 11.8. The van der Waals surface area contributed by atoms with Crippen molar-refractivity contribution in [1.29, 1.82) is 0 Å². The molecule has 0 aliphatic rings. The number of nitrogens with zero attached hydrogens (tertiary/aromatic N) is 4. The number of nitro groups is 2. The van der Waals surface area contributed by atoms with E-state index in [4.69, 9.17) is 0 Å². The van der Waals surface area contributed by atoms with Crippen LogP contribution in [-0.2, 0) is 18.3 Å². The molecule has 2 N–H and O–H groups in total. The van der Waals surface area contributed by atoms with Crippen LogP contribution in [0.2, 0.25) is 0 Å². The Kier molecular flexibility index (Phi) is 5.07. The lowest BCUT2D eigenvalue weighted by atomic mass is 10.1. The quantitative estimate of drug-likeness (QED) is 0.455. The van der Waals surface area contributed by atoms with Crippen molar-refractivity contribution < 1.29 is 19.7 Å². The van der Waals surface area contributed by atoms with Gasteiger partial charge in [-0.25, -0.2) is 5.43 Å². The minimum Gasteiger partial charge on any atom is -0.502 e. The van der Waals surface area contributed by atoms with E-state index >= 15 is 0 Å². The van der Waals surface area contributed by atoms with Crippen LogP contribution in [-0.4, -0.2) is 31.6 Å². The van der Waals surface area contributed by atoms with E-state index in [0.717, 1.165) is 18.0 Å². The maximum absolute atomic E-state index is 11.8. The number of phenolic OH excluding ortho intramolecular Hbond substituents is 1. The molecular formula is C14H13N5O6. The number of hydrazone groups is 1. The smallest absolute Gasteiger partial charge is 0.318 e. The van der Waals surface area contributed by atoms with Crippen molar-refractivity contribution in [3.63, 3.8) is 0 Å². The number of nitrogens with one attached hydrogen (secondary N) is 1. The minimum absolute atomic E-state index is 0.0436. The highest BCUT2D eigenvalue weighted by molar-refractivity contribution is 5.88. The number of aromatic hydroxyl groups is 1. The van der Waals surface area contributed by atoms with Crippen LogP contribution in [0.1, 0.15) is 11.3 Å². The van der Waals surface area contributed by atoms with Gasteiger partial charge in [0.1, 0.15) is 0 Å². The number of benzene rings is 1. The molecule has 0 aliphatic carbocycles. The molecule has 1 aromatic heterocycles. The van der Waals surface area contributed by atoms with Gasteiger partial charge in [-0.2, -0.15) is 5.10 Å². The van der Waals surface area contributed by atoms with Crippen LogP contribution < -0.4 is 5.43 Å². The van der Waals surface area contributed by atoms with Crippen LogP contribution >= 0.6 is 0 Å². The lowest BCUT2D eigenvalue weighted by molar-refractivity contribution is -0.394. The highest BCUT2D eigenvalue weighted by Gasteiger charge is 2.23.